The van der Waals surface area contributed by atoms with Gasteiger partial charge in [-0.1, -0.05) is 17.7 Å². The number of amides is 1. The van der Waals surface area contributed by atoms with Crippen molar-refractivity contribution in [2.45, 2.75) is 24.3 Å². The molecule has 0 aliphatic carbocycles. The second kappa shape index (κ2) is 11.5. The van der Waals surface area contributed by atoms with Gasteiger partial charge < -0.3 is 14.6 Å². The summed E-state index contributed by atoms with van der Waals surface area (Å²) >= 11 is 7.76. The molecule has 0 aliphatic rings. The predicted molar refractivity (Wildman–Crippen MR) is 141 cm³/mol. The number of carbonyl (C=O) groups is 1. The molecule has 0 spiro atoms. The third-order valence-corrected chi connectivity index (χ3v) is 6.91. The van der Waals surface area contributed by atoms with Crippen LogP contribution in [0.3, 0.4) is 0 Å². The zero-order chi connectivity index (χ0) is 24.8. The highest BCUT2D eigenvalue weighted by Crippen LogP contribution is 2.30. The molecule has 0 saturated carbocycles. The van der Waals surface area contributed by atoms with Gasteiger partial charge in [-0.25, -0.2) is 4.39 Å². The van der Waals surface area contributed by atoms with Gasteiger partial charge >= 0.3 is 0 Å². The molecule has 4 rings (SSSR count). The van der Waals surface area contributed by atoms with Crippen molar-refractivity contribution < 1.29 is 13.9 Å². The van der Waals surface area contributed by atoms with E-state index in [1.165, 1.54) is 11.0 Å². The van der Waals surface area contributed by atoms with Crippen molar-refractivity contribution >= 4 is 29.3 Å². The van der Waals surface area contributed by atoms with Crippen LogP contribution >= 0.6 is 23.4 Å². The van der Waals surface area contributed by atoms with E-state index >= 15 is 0 Å². The Bertz CT molecular complexity index is 1280. The summed E-state index contributed by atoms with van der Waals surface area (Å²) in [5.74, 6) is 0.202. The lowest BCUT2D eigenvalue weighted by Gasteiger charge is -2.15. The Morgan fingerprint density at radius 3 is 2.43 bits per heavy atom. The van der Waals surface area contributed by atoms with Crippen LogP contribution in [0, 0.1) is 5.82 Å². The van der Waals surface area contributed by atoms with Crippen LogP contribution < -0.4 is 10.1 Å². The lowest BCUT2D eigenvalue weighted by atomic mass is 10.1. The maximum Gasteiger partial charge on any atom is 0.220 e. The van der Waals surface area contributed by atoms with Crippen LogP contribution in [0.5, 0.6) is 5.75 Å². The van der Waals surface area contributed by atoms with Crippen LogP contribution in [0.2, 0.25) is 5.02 Å². The monoisotopic (exact) mass is 508 g/mol. The van der Waals surface area contributed by atoms with Crippen LogP contribution in [0.1, 0.15) is 17.7 Å². The standard InChI is InChI=1S/C28H26ClFN2O2S/c1-34-22-12-6-19(7-13-22)27-16-10-21(32(27)20-8-14-23(35-2)15-9-20)11-17-28(33)31-18-24-25(29)4-3-5-26(24)30/h3-10,12-16H,11,17-18H2,1-2H3,(H,31,33). The molecular weight excluding hydrogens is 483 g/mol. The van der Waals surface area contributed by atoms with Gasteiger partial charge in [0.15, 0.2) is 0 Å². The van der Waals surface area contributed by atoms with Crippen LogP contribution in [0.4, 0.5) is 4.39 Å². The van der Waals surface area contributed by atoms with Gasteiger partial charge in [0, 0.05) is 39.8 Å². The average Bonchev–Trinajstić information content (AvgIpc) is 3.31. The molecule has 3 aromatic carbocycles. The minimum atomic E-state index is -0.426. The summed E-state index contributed by atoms with van der Waals surface area (Å²) in [6, 6.07) is 24.9. The van der Waals surface area contributed by atoms with Crippen molar-refractivity contribution in [2.75, 3.05) is 13.4 Å². The molecule has 0 saturated heterocycles. The molecular formula is C28H26ClFN2O2S. The van der Waals surface area contributed by atoms with E-state index in [1.807, 2.05) is 36.6 Å². The molecule has 35 heavy (non-hydrogen) atoms. The molecule has 0 fully saturated rings. The van der Waals surface area contributed by atoms with E-state index in [0.29, 0.717) is 17.0 Å². The molecule has 0 bridgehead atoms. The van der Waals surface area contributed by atoms with E-state index in [9.17, 15) is 9.18 Å². The average molecular weight is 509 g/mol. The minimum Gasteiger partial charge on any atom is -0.497 e. The Hall–Kier alpha value is -3.22. The highest BCUT2D eigenvalue weighted by Gasteiger charge is 2.15. The fraction of sp³-hybridized carbons (Fsp3) is 0.179. The summed E-state index contributed by atoms with van der Waals surface area (Å²) in [6.45, 7) is 0.0542. The van der Waals surface area contributed by atoms with Crippen molar-refractivity contribution in [3.8, 4) is 22.7 Å². The second-order valence-corrected chi connectivity index (χ2v) is 9.24. The Morgan fingerprint density at radius 2 is 1.77 bits per heavy atom. The van der Waals surface area contributed by atoms with Crippen LogP contribution in [0.25, 0.3) is 16.9 Å². The molecule has 7 heteroatoms. The Labute approximate surface area is 214 Å². The maximum absolute atomic E-state index is 14.0. The van der Waals surface area contributed by atoms with Gasteiger partial charge in [-0.2, -0.15) is 0 Å². The van der Waals surface area contributed by atoms with Gasteiger partial charge in [-0.05, 0) is 91.0 Å². The molecule has 1 N–H and O–H groups in total. The topological polar surface area (TPSA) is 43.3 Å². The first-order valence-electron chi connectivity index (χ1n) is 11.2. The number of thioether (sulfide) groups is 1. The van der Waals surface area contributed by atoms with E-state index in [2.05, 4.69) is 40.2 Å². The Morgan fingerprint density at radius 1 is 1.03 bits per heavy atom. The molecule has 1 heterocycles. The van der Waals surface area contributed by atoms with Gasteiger partial charge in [0.05, 0.1) is 12.8 Å². The number of hydrogen-bond acceptors (Lipinski definition) is 3. The highest BCUT2D eigenvalue weighted by molar-refractivity contribution is 7.98. The summed E-state index contributed by atoms with van der Waals surface area (Å²) < 4.78 is 21.5. The van der Waals surface area contributed by atoms with E-state index < -0.39 is 5.82 Å². The summed E-state index contributed by atoms with van der Waals surface area (Å²) in [4.78, 5) is 13.8. The zero-order valence-electron chi connectivity index (χ0n) is 19.6. The fourth-order valence-corrected chi connectivity index (χ4v) is 4.55. The van der Waals surface area contributed by atoms with Gasteiger partial charge in [-0.15, -0.1) is 11.8 Å². The quantitative estimate of drug-likeness (QED) is 0.250. The third-order valence-electron chi connectivity index (χ3n) is 5.81. The Kier molecular flexibility index (Phi) is 8.16. The van der Waals surface area contributed by atoms with E-state index in [1.54, 1.807) is 31.0 Å². The third kappa shape index (κ3) is 5.89. The second-order valence-electron chi connectivity index (χ2n) is 7.95. The van der Waals surface area contributed by atoms with Crippen molar-refractivity contribution in [1.29, 1.82) is 0 Å². The lowest BCUT2D eigenvalue weighted by Crippen LogP contribution is -2.24. The Balaban J connectivity index is 1.55. The molecule has 4 nitrogen and oxygen atoms in total. The largest absolute Gasteiger partial charge is 0.497 e. The number of nitrogens with one attached hydrogen (secondary N) is 1. The predicted octanol–water partition coefficient (Wildman–Crippen LogP) is 6.92. The molecule has 0 radical (unpaired) electrons. The molecule has 0 aliphatic heterocycles. The van der Waals surface area contributed by atoms with Gasteiger partial charge in [-0.3, -0.25) is 4.79 Å². The van der Waals surface area contributed by atoms with E-state index in [4.69, 9.17) is 16.3 Å². The van der Waals surface area contributed by atoms with Gasteiger partial charge in [0.2, 0.25) is 5.91 Å². The van der Waals surface area contributed by atoms with Gasteiger partial charge in [0.1, 0.15) is 11.6 Å². The smallest absolute Gasteiger partial charge is 0.220 e. The molecule has 0 unspecified atom stereocenters. The number of ether oxygens (including phenoxy) is 1. The first kappa shape index (κ1) is 24.9. The molecule has 180 valence electrons. The van der Waals surface area contributed by atoms with Gasteiger partial charge in [0.25, 0.3) is 0 Å². The van der Waals surface area contributed by atoms with Crippen molar-refractivity contribution in [2.24, 2.45) is 0 Å². The normalized spacial score (nSPS) is 10.9. The zero-order valence-corrected chi connectivity index (χ0v) is 21.1. The summed E-state index contributed by atoms with van der Waals surface area (Å²) in [5, 5.41) is 3.09. The maximum atomic E-state index is 14.0. The van der Waals surface area contributed by atoms with Crippen molar-refractivity contribution in [3.05, 3.63) is 101 Å². The SMILES string of the molecule is COc1ccc(-c2ccc(CCC(=O)NCc3c(F)cccc3Cl)n2-c2ccc(SC)cc2)cc1. The molecule has 1 aromatic heterocycles. The minimum absolute atomic E-state index is 0.0542. The number of methoxy groups -OCH3 is 1. The number of aryl methyl sites for hydroxylation is 1. The van der Waals surface area contributed by atoms with Crippen molar-refractivity contribution in [1.82, 2.24) is 9.88 Å². The lowest BCUT2D eigenvalue weighted by molar-refractivity contribution is -0.121. The number of carbonyl (C=O) groups excluding carboxylic acids is 1. The van der Waals surface area contributed by atoms with E-state index in [-0.39, 0.29) is 18.9 Å². The summed E-state index contributed by atoms with van der Waals surface area (Å²) in [6.07, 6.45) is 2.84. The first-order valence-corrected chi connectivity index (χ1v) is 12.8. The highest BCUT2D eigenvalue weighted by atomic mass is 35.5. The molecule has 0 atom stereocenters. The molecule has 1 amide bonds. The number of aromatic nitrogens is 1. The summed E-state index contributed by atoms with van der Waals surface area (Å²) in [5.41, 5.74) is 4.39. The number of halogens is 2. The molecule has 4 aromatic rings. The number of hydrogen-bond donors (Lipinski definition) is 1. The number of rotatable bonds is 9. The summed E-state index contributed by atoms with van der Waals surface area (Å²) in [7, 11) is 1.65. The van der Waals surface area contributed by atoms with Crippen LogP contribution in [-0.2, 0) is 17.8 Å². The van der Waals surface area contributed by atoms with E-state index in [0.717, 1.165) is 28.4 Å². The van der Waals surface area contributed by atoms with Crippen LogP contribution in [-0.4, -0.2) is 23.8 Å². The number of benzene rings is 3. The number of nitrogens with zero attached hydrogens (tertiary/aromatic N) is 1. The van der Waals surface area contributed by atoms with Crippen LogP contribution in [0.15, 0.2) is 83.8 Å². The van der Waals surface area contributed by atoms with Crippen molar-refractivity contribution in [3.63, 3.8) is 0 Å². The fourth-order valence-electron chi connectivity index (χ4n) is 3.92. The first-order chi connectivity index (χ1) is 17.0.